The highest BCUT2D eigenvalue weighted by molar-refractivity contribution is 4.93. The second kappa shape index (κ2) is 4.42. The molecule has 1 rings (SSSR count). The highest BCUT2D eigenvalue weighted by atomic mass is 16.3. The summed E-state index contributed by atoms with van der Waals surface area (Å²) >= 11 is 0. The molecule has 0 aromatic carbocycles. The van der Waals surface area contributed by atoms with Crippen molar-refractivity contribution >= 4 is 0 Å². The van der Waals surface area contributed by atoms with Crippen LogP contribution in [0.25, 0.3) is 0 Å². The van der Waals surface area contributed by atoms with Crippen molar-refractivity contribution in [3.05, 3.63) is 0 Å². The Kier molecular flexibility index (Phi) is 3.83. The summed E-state index contributed by atoms with van der Waals surface area (Å²) in [7, 11) is 0. The Morgan fingerprint density at radius 1 is 0.933 bits per heavy atom. The average molecular weight is 213 g/mol. The molecule has 1 aliphatic rings. The van der Waals surface area contributed by atoms with Gasteiger partial charge in [-0.2, -0.15) is 0 Å². The van der Waals surface area contributed by atoms with Crippen molar-refractivity contribution in [2.45, 2.75) is 78.0 Å². The predicted molar refractivity (Wildman–Crippen MR) is 64.9 cm³/mol. The third kappa shape index (κ3) is 3.46. The van der Waals surface area contributed by atoms with Crippen molar-refractivity contribution < 1.29 is 5.11 Å². The van der Waals surface area contributed by atoms with Crippen molar-refractivity contribution in [2.24, 2.45) is 5.41 Å². The minimum absolute atomic E-state index is 0.0548. The van der Waals surface area contributed by atoms with E-state index < -0.39 is 0 Å². The Morgan fingerprint density at radius 3 is 1.80 bits per heavy atom. The molecule has 0 saturated heterocycles. The van der Waals surface area contributed by atoms with Crippen molar-refractivity contribution in [3.8, 4) is 0 Å². The molecule has 0 spiro atoms. The molecule has 15 heavy (non-hydrogen) atoms. The van der Waals surface area contributed by atoms with E-state index in [-0.39, 0.29) is 17.1 Å². The quantitative estimate of drug-likeness (QED) is 0.739. The van der Waals surface area contributed by atoms with E-state index in [1.165, 1.54) is 0 Å². The van der Waals surface area contributed by atoms with Crippen LogP contribution in [0.15, 0.2) is 0 Å². The highest BCUT2D eigenvalue weighted by Crippen LogP contribution is 2.31. The van der Waals surface area contributed by atoms with Gasteiger partial charge in [0.2, 0.25) is 0 Å². The van der Waals surface area contributed by atoms with E-state index >= 15 is 0 Å². The van der Waals surface area contributed by atoms with Crippen LogP contribution in [-0.4, -0.2) is 22.8 Å². The summed E-state index contributed by atoms with van der Waals surface area (Å²) in [4.78, 5) is 0. The second-order valence-electron chi connectivity index (χ2n) is 6.52. The molecule has 0 radical (unpaired) electrons. The fourth-order valence-corrected chi connectivity index (χ4v) is 1.95. The zero-order chi connectivity index (χ0) is 11.7. The molecule has 0 aromatic rings. The SMILES string of the molecule is CC(C)(C)C(C)(C)N[C@H]1CC[C@@H](O)CC1. The summed E-state index contributed by atoms with van der Waals surface area (Å²) in [6.45, 7) is 11.4. The topological polar surface area (TPSA) is 32.3 Å². The molecule has 0 bridgehead atoms. The Bertz CT molecular complexity index is 197. The first-order chi connectivity index (χ1) is 6.72. The summed E-state index contributed by atoms with van der Waals surface area (Å²) in [5, 5.41) is 13.2. The first kappa shape index (κ1) is 13.0. The first-order valence-corrected chi connectivity index (χ1v) is 6.18. The van der Waals surface area contributed by atoms with E-state index in [4.69, 9.17) is 0 Å². The summed E-state index contributed by atoms with van der Waals surface area (Å²) in [6, 6.07) is 0.586. The van der Waals surface area contributed by atoms with Crippen LogP contribution in [0.4, 0.5) is 0 Å². The van der Waals surface area contributed by atoms with E-state index in [2.05, 4.69) is 39.9 Å². The molecular weight excluding hydrogens is 186 g/mol. The van der Waals surface area contributed by atoms with Gasteiger partial charge in [-0.15, -0.1) is 0 Å². The number of aliphatic hydroxyl groups is 1. The van der Waals surface area contributed by atoms with Gasteiger partial charge in [-0.05, 0) is 44.9 Å². The van der Waals surface area contributed by atoms with Crippen molar-refractivity contribution in [1.82, 2.24) is 5.32 Å². The Morgan fingerprint density at radius 2 is 1.40 bits per heavy atom. The summed E-state index contributed by atoms with van der Waals surface area (Å²) in [5.41, 5.74) is 0.420. The van der Waals surface area contributed by atoms with Crippen LogP contribution in [0.3, 0.4) is 0 Å². The molecule has 1 saturated carbocycles. The highest BCUT2D eigenvalue weighted by Gasteiger charge is 2.35. The Balaban J connectivity index is 2.48. The molecule has 2 heteroatoms. The van der Waals surface area contributed by atoms with Gasteiger partial charge in [-0.1, -0.05) is 20.8 Å². The fourth-order valence-electron chi connectivity index (χ4n) is 1.95. The molecule has 0 amide bonds. The molecule has 0 unspecified atom stereocenters. The zero-order valence-electron chi connectivity index (χ0n) is 10.9. The van der Waals surface area contributed by atoms with Crippen LogP contribution in [0.5, 0.6) is 0 Å². The molecule has 0 aliphatic heterocycles. The van der Waals surface area contributed by atoms with Crippen molar-refractivity contribution in [2.75, 3.05) is 0 Å². The molecule has 0 atom stereocenters. The minimum atomic E-state index is -0.0548. The van der Waals surface area contributed by atoms with E-state index in [9.17, 15) is 5.11 Å². The molecule has 90 valence electrons. The van der Waals surface area contributed by atoms with Gasteiger partial charge in [0.1, 0.15) is 0 Å². The van der Waals surface area contributed by atoms with E-state index in [1.807, 2.05) is 0 Å². The third-order valence-electron chi connectivity index (χ3n) is 4.14. The lowest BCUT2D eigenvalue weighted by Gasteiger charge is -2.43. The number of aliphatic hydroxyl groups excluding tert-OH is 1. The molecule has 1 aliphatic carbocycles. The summed E-state index contributed by atoms with van der Waals surface area (Å²) < 4.78 is 0. The lowest BCUT2D eigenvalue weighted by molar-refractivity contribution is 0.0908. The summed E-state index contributed by atoms with van der Waals surface area (Å²) in [5.74, 6) is 0. The maximum absolute atomic E-state index is 9.46. The molecule has 2 nitrogen and oxygen atoms in total. The van der Waals surface area contributed by atoms with Crippen LogP contribution in [0, 0.1) is 5.41 Å². The second-order valence-corrected chi connectivity index (χ2v) is 6.52. The van der Waals surface area contributed by atoms with Gasteiger partial charge >= 0.3 is 0 Å². The number of rotatable bonds is 2. The lowest BCUT2D eigenvalue weighted by atomic mass is 9.75. The van der Waals surface area contributed by atoms with E-state index in [0.29, 0.717) is 6.04 Å². The Hall–Kier alpha value is -0.0800. The van der Waals surface area contributed by atoms with Gasteiger partial charge in [-0.25, -0.2) is 0 Å². The van der Waals surface area contributed by atoms with Gasteiger partial charge < -0.3 is 10.4 Å². The molecule has 1 fully saturated rings. The Labute approximate surface area is 94.5 Å². The van der Waals surface area contributed by atoms with Gasteiger partial charge in [0, 0.05) is 11.6 Å². The number of hydrogen-bond acceptors (Lipinski definition) is 2. The minimum Gasteiger partial charge on any atom is -0.393 e. The first-order valence-electron chi connectivity index (χ1n) is 6.18. The number of nitrogens with one attached hydrogen (secondary N) is 1. The van der Waals surface area contributed by atoms with Gasteiger partial charge in [0.05, 0.1) is 6.10 Å². The van der Waals surface area contributed by atoms with E-state index in [0.717, 1.165) is 25.7 Å². The van der Waals surface area contributed by atoms with Crippen LogP contribution in [0.2, 0.25) is 0 Å². The van der Waals surface area contributed by atoms with Crippen molar-refractivity contribution in [3.63, 3.8) is 0 Å². The van der Waals surface area contributed by atoms with Gasteiger partial charge in [0.25, 0.3) is 0 Å². The average Bonchev–Trinajstić information content (AvgIpc) is 2.06. The molecular formula is C13H27NO. The van der Waals surface area contributed by atoms with Gasteiger partial charge in [0.15, 0.2) is 0 Å². The van der Waals surface area contributed by atoms with Gasteiger partial charge in [-0.3, -0.25) is 0 Å². The van der Waals surface area contributed by atoms with Crippen LogP contribution in [0.1, 0.15) is 60.3 Å². The number of hydrogen-bond donors (Lipinski definition) is 2. The van der Waals surface area contributed by atoms with Crippen molar-refractivity contribution in [1.29, 1.82) is 0 Å². The van der Waals surface area contributed by atoms with Crippen LogP contribution in [-0.2, 0) is 0 Å². The maximum atomic E-state index is 9.46. The summed E-state index contributed by atoms with van der Waals surface area (Å²) in [6.07, 6.45) is 4.08. The normalized spacial score (nSPS) is 29.2. The van der Waals surface area contributed by atoms with E-state index in [1.54, 1.807) is 0 Å². The van der Waals surface area contributed by atoms with Crippen LogP contribution >= 0.6 is 0 Å². The maximum Gasteiger partial charge on any atom is 0.0541 e. The standard InChI is InChI=1S/C13H27NO/c1-12(2,3)13(4,5)14-10-6-8-11(15)9-7-10/h10-11,14-15H,6-9H2,1-5H3/t10-,11+. The molecule has 0 heterocycles. The van der Waals surface area contributed by atoms with Crippen LogP contribution < -0.4 is 5.32 Å². The zero-order valence-corrected chi connectivity index (χ0v) is 10.9. The fraction of sp³-hybridized carbons (Fsp3) is 1.00. The smallest absolute Gasteiger partial charge is 0.0541 e. The monoisotopic (exact) mass is 213 g/mol. The molecule has 2 N–H and O–H groups in total. The third-order valence-corrected chi connectivity index (χ3v) is 4.14. The predicted octanol–water partition coefficient (Wildman–Crippen LogP) is 2.70. The molecule has 0 aromatic heterocycles. The lowest BCUT2D eigenvalue weighted by Crippen LogP contribution is -2.55. The largest absolute Gasteiger partial charge is 0.393 e.